The zero-order valence-electron chi connectivity index (χ0n) is 13.3. The van der Waals surface area contributed by atoms with Crippen LogP contribution in [0.25, 0.3) is 0 Å². The Bertz CT molecular complexity index is 437. The van der Waals surface area contributed by atoms with Gasteiger partial charge >= 0.3 is 0 Å². The molecule has 0 spiro atoms. The van der Waals surface area contributed by atoms with Gasteiger partial charge in [0, 0.05) is 25.6 Å². The van der Waals surface area contributed by atoms with Crippen LogP contribution in [0.2, 0.25) is 0 Å². The maximum atomic E-state index is 12.0. The third-order valence-electron chi connectivity index (χ3n) is 2.85. The molecule has 6 heteroatoms. The van der Waals surface area contributed by atoms with Crippen LogP contribution in [0.1, 0.15) is 33.4 Å². The van der Waals surface area contributed by atoms with Gasteiger partial charge in [0.15, 0.2) is 0 Å². The summed E-state index contributed by atoms with van der Waals surface area (Å²) >= 11 is 0. The lowest BCUT2D eigenvalue weighted by atomic mass is 9.91. The molecule has 0 aromatic carbocycles. The highest BCUT2D eigenvalue weighted by atomic mass is 35.5. The molecule has 20 heavy (non-hydrogen) atoms. The van der Waals surface area contributed by atoms with E-state index in [4.69, 9.17) is 0 Å². The Balaban J connectivity index is 0.00000361. The van der Waals surface area contributed by atoms with Gasteiger partial charge < -0.3 is 10.6 Å². The summed E-state index contributed by atoms with van der Waals surface area (Å²) in [6.45, 7) is 9.09. The van der Waals surface area contributed by atoms with Gasteiger partial charge in [-0.1, -0.05) is 27.7 Å². The van der Waals surface area contributed by atoms with Crippen molar-refractivity contribution in [2.45, 2.75) is 34.1 Å². The molecule has 1 aromatic heterocycles. The number of amides is 1. The van der Waals surface area contributed by atoms with Gasteiger partial charge in [0.05, 0.1) is 5.69 Å². The van der Waals surface area contributed by atoms with Crippen LogP contribution < -0.4 is 10.6 Å². The first-order chi connectivity index (χ1) is 8.73. The normalized spacial score (nSPS) is 12.7. The summed E-state index contributed by atoms with van der Waals surface area (Å²) in [5.74, 6) is 0.706. The Morgan fingerprint density at radius 3 is 2.55 bits per heavy atom. The number of nitrogens with zero attached hydrogens (tertiary/aromatic N) is 2. The largest absolute Gasteiger partial charge is 0.319 e. The van der Waals surface area contributed by atoms with Crippen molar-refractivity contribution in [3.63, 3.8) is 0 Å². The molecule has 0 aliphatic heterocycles. The fraction of sp³-hybridized carbons (Fsp3) is 0.714. The van der Waals surface area contributed by atoms with E-state index in [0.29, 0.717) is 6.54 Å². The van der Waals surface area contributed by atoms with Crippen molar-refractivity contribution in [2.24, 2.45) is 18.4 Å². The molecule has 0 saturated heterocycles. The van der Waals surface area contributed by atoms with E-state index in [-0.39, 0.29) is 29.6 Å². The Labute approximate surface area is 127 Å². The van der Waals surface area contributed by atoms with Gasteiger partial charge in [0.25, 0.3) is 0 Å². The maximum Gasteiger partial charge on any atom is 0.229 e. The van der Waals surface area contributed by atoms with Crippen molar-refractivity contribution < 1.29 is 4.79 Å². The number of hydrogen-bond acceptors (Lipinski definition) is 3. The van der Waals surface area contributed by atoms with Crippen LogP contribution in [-0.2, 0) is 18.3 Å². The first-order valence-electron chi connectivity index (χ1n) is 6.71. The monoisotopic (exact) mass is 302 g/mol. The smallest absolute Gasteiger partial charge is 0.229 e. The summed E-state index contributed by atoms with van der Waals surface area (Å²) < 4.78 is 1.73. The van der Waals surface area contributed by atoms with Gasteiger partial charge in [-0.3, -0.25) is 9.48 Å². The van der Waals surface area contributed by atoms with Crippen molar-refractivity contribution in [1.82, 2.24) is 15.1 Å². The van der Waals surface area contributed by atoms with Gasteiger partial charge in [-0.05, 0) is 18.9 Å². The summed E-state index contributed by atoms with van der Waals surface area (Å²) in [6, 6.07) is 1.95. The SMILES string of the molecule is CNCC(C)C(=O)Nc1cc(CC(C)(C)C)nn1C.Cl. The van der Waals surface area contributed by atoms with E-state index in [1.165, 1.54) is 0 Å². The van der Waals surface area contributed by atoms with Gasteiger partial charge in [-0.2, -0.15) is 5.10 Å². The predicted molar refractivity (Wildman–Crippen MR) is 85.3 cm³/mol. The molecular weight excluding hydrogens is 276 g/mol. The highest BCUT2D eigenvalue weighted by molar-refractivity contribution is 5.91. The third-order valence-corrected chi connectivity index (χ3v) is 2.85. The van der Waals surface area contributed by atoms with Crippen LogP contribution >= 0.6 is 12.4 Å². The predicted octanol–water partition coefficient (Wildman–Crippen LogP) is 2.22. The molecule has 1 amide bonds. The topological polar surface area (TPSA) is 59.0 Å². The zero-order chi connectivity index (χ0) is 14.6. The standard InChI is InChI=1S/C14H26N4O.ClH/c1-10(9-15-5)13(19)16-12-7-11(17-18(12)6)8-14(2,3)4;/h7,10,15H,8-9H2,1-6H3,(H,16,19);1H. The number of aryl methyl sites for hydroxylation is 1. The number of halogens is 1. The lowest BCUT2D eigenvalue weighted by Crippen LogP contribution is -2.29. The molecule has 0 saturated carbocycles. The number of nitrogens with one attached hydrogen (secondary N) is 2. The van der Waals surface area contributed by atoms with Crippen LogP contribution in [-0.4, -0.2) is 29.3 Å². The van der Waals surface area contributed by atoms with Crippen LogP contribution in [0, 0.1) is 11.3 Å². The van der Waals surface area contributed by atoms with Gasteiger partial charge in [-0.15, -0.1) is 12.4 Å². The number of hydrogen-bond donors (Lipinski definition) is 2. The van der Waals surface area contributed by atoms with E-state index in [1.54, 1.807) is 4.68 Å². The Morgan fingerprint density at radius 1 is 1.45 bits per heavy atom. The van der Waals surface area contributed by atoms with Crippen LogP contribution in [0.3, 0.4) is 0 Å². The van der Waals surface area contributed by atoms with Crippen molar-refractivity contribution in [3.8, 4) is 0 Å². The second-order valence-electron chi connectivity index (χ2n) is 6.33. The van der Waals surface area contributed by atoms with Crippen LogP contribution in [0.5, 0.6) is 0 Å². The van der Waals surface area contributed by atoms with E-state index in [2.05, 4.69) is 36.5 Å². The number of carbonyl (C=O) groups excluding carboxylic acids is 1. The first-order valence-corrected chi connectivity index (χ1v) is 6.71. The zero-order valence-corrected chi connectivity index (χ0v) is 14.1. The summed E-state index contributed by atoms with van der Waals surface area (Å²) in [7, 11) is 3.69. The molecule has 1 rings (SSSR count). The van der Waals surface area contributed by atoms with Crippen molar-refractivity contribution >= 4 is 24.1 Å². The highest BCUT2D eigenvalue weighted by Crippen LogP contribution is 2.21. The summed E-state index contributed by atoms with van der Waals surface area (Å²) in [6.07, 6.45) is 0.892. The summed E-state index contributed by atoms with van der Waals surface area (Å²) in [5, 5.41) is 10.4. The minimum Gasteiger partial charge on any atom is -0.319 e. The number of carbonyl (C=O) groups is 1. The second kappa shape index (κ2) is 7.64. The Hall–Kier alpha value is -1.07. The molecule has 2 N–H and O–H groups in total. The van der Waals surface area contributed by atoms with Crippen molar-refractivity contribution in [2.75, 3.05) is 18.9 Å². The van der Waals surface area contributed by atoms with Crippen molar-refractivity contribution in [1.29, 1.82) is 0 Å². The molecule has 5 nitrogen and oxygen atoms in total. The molecule has 0 fully saturated rings. The molecule has 1 unspecified atom stereocenters. The number of anilines is 1. The summed E-state index contributed by atoms with van der Waals surface area (Å²) in [5.41, 5.74) is 1.20. The highest BCUT2D eigenvalue weighted by Gasteiger charge is 2.17. The maximum absolute atomic E-state index is 12.0. The Kier molecular flexibility index (Phi) is 7.23. The lowest BCUT2D eigenvalue weighted by molar-refractivity contribution is -0.119. The van der Waals surface area contributed by atoms with Gasteiger partial charge in [0.2, 0.25) is 5.91 Å². The minimum absolute atomic E-state index is 0. The first kappa shape index (κ1) is 18.9. The lowest BCUT2D eigenvalue weighted by Gasteiger charge is -2.15. The van der Waals surface area contributed by atoms with Gasteiger partial charge in [0.1, 0.15) is 5.82 Å². The molecule has 0 radical (unpaired) electrons. The van der Waals surface area contributed by atoms with E-state index in [0.717, 1.165) is 17.9 Å². The Morgan fingerprint density at radius 2 is 2.05 bits per heavy atom. The fourth-order valence-electron chi connectivity index (χ4n) is 1.92. The van der Waals surface area contributed by atoms with E-state index >= 15 is 0 Å². The van der Waals surface area contributed by atoms with Crippen LogP contribution in [0.4, 0.5) is 5.82 Å². The number of rotatable bonds is 5. The molecule has 0 bridgehead atoms. The number of aromatic nitrogens is 2. The molecule has 1 atom stereocenters. The van der Waals surface area contributed by atoms with Crippen molar-refractivity contribution in [3.05, 3.63) is 11.8 Å². The molecule has 1 aromatic rings. The summed E-state index contributed by atoms with van der Waals surface area (Å²) in [4.78, 5) is 12.0. The van der Waals surface area contributed by atoms with E-state index < -0.39 is 0 Å². The average Bonchev–Trinajstić information content (AvgIpc) is 2.56. The van der Waals surface area contributed by atoms with Crippen LogP contribution in [0.15, 0.2) is 6.07 Å². The second-order valence-corrected chi connectivity index (χ2v) is 6.33. The molecular formula is C14H27ClN4O. The molecule has 1 heterocycles. The van der Waals surface area contributed by atoms with Gasteiger partial charge in [-0.25, -0.2) is 0 Å². The molecule has 116 valence electrons. The molecule has 0 aliphatic rings. The minimum atomic E-state index is -0.0639. The quantitative estimate of drug-likeness (QED) is 0.877. The molecule has 0 aliphatic carbocycles. The third kappa shape index (κ3) is 5.92. The fourth-order valence-corrected chi connectivity index (χ4v) is 1.92. The van der Waals surface area contributed by atoms with E-state index in [9.17, 15) is 4.79 Å². The average molecular weight is 303 g/mol. The van der Waals surface area contributed by atoms with E-state index in [1.807, 2.05) is 27.1 Å².